The molecule has 0 radical (unpaired) electrons. The number of nitrogens with one attached hydrogen (secondary N) is 1. The summed E-state index contributed by atoms with van der Waals surface area (Å²) in [5.74, 6) is 1.48. The Bertz CT molecular complexity index is 864. The number of benzene rings is 1. The molecule has 5 nitrogen and oxygen atoms in total. The number of aryl methyl sites for hydroxylation is 1. The fraction of sp³-hybridized carbons (Fsp3) is 0.476. The summed E-state index contributed by atoms with van der Waals surface area (Å²) in [7, 11) is 0. The Kier molecular flexibility index (Phi) is 5.16. The van der Waals surface area contributed by atoms with Crippen LogP contribution in [0.15, 0.2) is 39.8 Å². The highest BCUT2D eigenvalue weighted by molar-refractivity contribution is 5.83. The van der Waals surface area contributed by atoms with E-state index in [1.54, 1.807) is 6.07 Å². The Labute approximate surface area is 159 Å². The van der Waals surface area contributed by atoms with Crippen molar-refractivity contribution in [2.24, 2.45) is 4.99 Å². The molecular weight excluding hydrogens is 343 g/mol. The number of rotatable bonds is 4. The normalized spacial score (nSPS) is 20.9. The molecule has 1 aromatic carbocycles. The molecule has 2 aliphatic heterocycles. The summed E-state index contributed by atoms with van der Waals surface area (Å²) in [5, 5.41) is 4.24. The van der Waals surface area contributed by atoms with Crippen LogP contribution >= 0.6 is 0 Å². The van der Waals surface area contributed by atoms with Gasteiger partial charge in [-0.3, -0.25) is 4.90 Å². The molecule has 1 fully saturated rings. The summed E-state index contributed by atoms with van der Waals surface area (Å²) < 4.78 is 19.4. The van der Waals surface area contributed by atoms with Gasteiger partial charge in [0.2, 0.25) is 0 Å². The van der Waals surface area contributed by atoms with Gasteiger partial charge in [-0.15, -0.1) is 0 Å². The van der Waals surface area contributed by atoms with Crippen LogP contribution in [0.4, 0.5) is 4.39 Å². The molecule has 1 atom stereocenters. The maximum Gasteiger partial charge on any atom is 0.194 e. The van der Waals surface area contributed by atoms with Gasteiger partial charge < -0.3 is 14.6 Å². The summed E-state index contributed by atoms with van der Waals surface area (Å²) in [6.45, 7) is 9.46. The van der Waals surface area contributed by atoms with E-state index >= 15 is 0 Å². The smallest absolute Gasteiger partial charge is 0.194 e. The summed E-state index contributed by atoms with van der Waals surface area (Å²) in [4.78, 5) is 9.67. The zero-order chi connectivity index (χ0) is 18.8. The molecule has 1 aromatic heterocycles. The first-order valence-corrected chi connectivity index (χ1v) is 9.75. The van der Waals surface area contributed by atoms with Crippen LogP contribution < -0.4 is 5.32 Å². The Morgan fingerprint density at radius 1 is 1.33 bits per heavy atom. The molecule has 3 heterocycles. The highest BCUT2D eigenvalue weighted by Crippen LogP contribution is 2.26. The minimum Gasteiger partial charge on any atom is -0.459 e. The maximum absolute atomic E-state index is 13.5. The highest BCUT2D eigenvalue weighted by Gasteiger charge is 2.29. The fourth-order valence-corrected chi connectivity index (χ4v) is 3.99. The molecule has 1 N–H and O–H groups in total. The SMILES string of the molecule is CCNC(=NCc1oc2ccc(F)cc2c1C)N1CCC(N2CC=CC2)C1. The molecule has 2 aromatic rings. The lowest BCUT2D eigenvalue weighted by molar-refractivity contribution is 0.259. The molecule has 0 spiro atoms. The van der Waals surface area contributed by atoms with Crippen molar-refractivity contribution >= 4 is 16.9 Å². The third-order valence-corrected chi connectivity index (χ3v) is 5.53. The van der Waals surface area contributed by atoms with Gasteiger partial charge in [-0.25, -0.2) is 9.38 Å². The van der Waals surface area contributed by atoms with Gasteiger partial charge in [-0.2, -0.15) is 0 Å². The quantitative estimate of drug-likeness (QED) is 0.510. The molecule has 0 amide bonds. The van der Waals surface area contributed by atoms with Gasteiger partial charge in [-0.1, -0.05) is 12.2 Å². The average molecular weight is 370 g/mol. The second-order valence-electron chi connectivity index (χ2n) is 7.27. The van der Waals surface area contributed by atoms with Crippen molar-refractivity contribution in [3.8, 4) is 0 Å². The predicted molar refractivity (Wildman–Crippen MR) is 106 cm³/mol. The van der Waals surface area contributed by atoms with E-state index < -0.39 is 0 Å². The number of hydrogen-bond donors (Lipinski definition) is 1. The van der Waals surface area contributed by atoms with Crippen molar-refractivity contribution in [3.05, 3.63) is 47.5 Å². The van der Waals surface area contributed by atoms with Gasteiger partial charge in [0.15, 0.2) is 5.96 Å². The van der Waals surface area contributed by atoms with Crippen molar-refractivity contribution < 1.29 is 8.81 Å². The predicted octanol–water partition coefficient (Wildman–Crippen LogP) is 3.29. The monoisotopic (exact) mass is 370 g/mol. The molecule has 0 bridgehead atoms. The largest absolute Gasteiger partial charge is 0.459 e. The van der Waals surface area contributed by atoms with Crippen LogP contribution in [0, 0.1) is 12.7 Å². The molecule has 0 aliphatic carbocycles. The Morgan fingerprint density at radius 3 is 2.93 bits per heavy atom. The van der Waals surface area contributed by atoms with Crippen molar-refractivity contribution in [2.45, 2.75) is 32.9 Å². The number of guanidine groups is 1. The van der Waals surface area contributed by atoms with Crippen LogP contribution in [0.2, 0.25) is 0 Å². The topological polar surface area (TPSA) is 44.0 Å². The van der Waals surface area contributed by atoms with E-state index in [4.69, 9.17) is 9.41 Å². The van der Waals surface area contributed by atoms with Crippen molar-refractivity contribution in [1.82, 2.24) is 15.1 Å². The second kappa shape index (κ2) is 7.72. The first-order chi connectivity index (χ1) is 13.2. The fourth-order valence-electron chi connectivity index (χ4n) is 3.99. The Balaban J connectivity index is 1.49. The average Bonchev–Trinajstić information content (AvgIpc) is 3.40. The van der Waals surface area contributed by atoms with Crippen molar-refractivity contribution in [3.63, 3.8) is 0 Å². The molecule has 144 valence electrons. The maximum atomic E-state index is 13.5. The van der Waals surface area contributed by atoms with E-state index in [1.807, 2.05) is 6.92 Å². The molecule has 1 saturated heterocycles. The lowest BCUT2D eigenvalue weighted by atomic mass is 10.1. The molecule has 1 unspecified atom stereocenters. The molecule has 27 heavy (non-hydrogen) atoms. The molecule has 0 saturated carbocycles. The van der Waals surface area contributed by atoms with Gasteiger partial charge in [0.25, 0.3) is 0 Å². The number of hydrogen-bond acceptors (Lipinski definition) is 3. The van der Waals surface area contributed by atoms with Gasteiger partial charge in [0.1, 0.15) is 23.7 Å². The minimum absolute atomic E-state index is 0.241. The third-order valence-electron chi connectivity index (χ3n) is 5.53. The molecular formula is C21H27FN4O. The van der Waals surface area contributed by atoms with E-state index in [-0.39, 0.29) is 5.82 Å². The van der Waals surface area contributed by atoms with E-state index in [9.17, 15) is 4.39 Å². The van der Waals surface area contributed by atoms with E-state index in [0.29, 0.717) is 18.2 Å². The third kappa shape index (κ3) is 3.72. The summed E-state index contributed by atoms with van der Waals surface area (Å²) in [5.41, 5.74) is 1.68. The van der Waals surface area contributed by atoms with Crippen LogP contribution in [-0.4, -0.2) is 54.5 Å². The molecule has 2 aliphatic rings. The van der Waals surface area contributed by atoms with E-state index in [2.05, 4.69) is 34.2 Å². The van der Waals surface area contributed by atoms with Gasteiger partial charge >= 0.3 is 0 Å². The summed E-state index contributed by atoms with van der Waals surface area (Å²) >= 11 is 0. The number of likely N-dealkylation sites (tertiary alicyclic amines) is 1. The molecule has 4 rings (SSSR count). The Morgan fingerprint density at radius 2 is 2.15 bits per heavy atom. The first kappa shape index (κ1) is 18.0. The van der Waals surface area contributed by atoms with Gasteiger partial charge in [-0.05, 0) is 38.5 Å². The summed E-state index contributed by atoms with van der Waals surface area (Å²) in [6, 6.07) is 5.23. The van der Waals surface area contributed by atoms with Gasteiger partial charge in [0.05, 0.1) is 0 Å². The number of furan rings is 1. The molecule has 6 heteroatoms. The number of fused-ring (bicyclic) bond motifs is 1. The zero-order valence-electron chi connectivity index (χ0n) is 16.0. The second-order valence-corrected chi connectivity index (χ2v) is 7.27. The van der Waals surface area contributed by atoms with Crippen molar-refractivity contribution in [2.75, 3.05) is 32.7 Å². The standard InChI is InChI=1S/C21H27FN4O/c1-3-23-21(26-11-8-17(14-26)25-9-4-5-10-25)24-13-20-15(2)18-12-16(22)6-7-19(18)27-20/h4-7,12,17H,3,8-11,13-14H2,1-2H3,(H,23,24). The van der Waals surface area contributed by atoms with Crippen LogP contribution in [0.1, 0.15) is 24.7 Å². The number of nitrogens with zero attached hydrogens (tertiary/aromatic N) is 3. The van der Waals surface area contributed by atoms with E-state index in [0.717, 1.165) is 61.8 Å². The lowest BCUT2D eigenvalue weighted by Crippen LogP contribution is -2.42. The zero-order valence-corrected chi connectivity index (χ0v) is 16.0. The highest BCUT2D eigenvalue weighted by atomic mass is 19.1. The summed E-state index contributed by atoms with van der Waals surface area (Å²) in [6.07, 6.45) is 5.65. The van der Waals surface area contributed by atoms with Crippen LogP contribution in [0.5, 0.6) is 0 Å². The Hall–Kier alpha value is -2.34. The number of aliphatic imine (C=N–C) groups is 1. The van der Waals surface area contributed by atoms with Gasteiger partial charge in [0, 0.05) is 49.7 Å². The minimum atomic E-state index is -0.241. The first-order valence-electron chi connectivity index (χ1n) is 9.75. The van der Waals surface area contributed by atoms with Crippen LogP contribution in [0.3, 0.4) is 0 Å². The van der Waals surface area contributed by atoms with Crippen LogP contribution in [-0.2, 0) is 6.54 Å². The van der Waals surface area contributed by atoms with E-state index in [1.165, 1.54) is 12.1 Å². The van der Waals surface area contributed by atoms with Crippen LogP contribution in [0.25, 0.3) is 11.0 Å². The van der Waals surface area contributed by atoms with Crippen molar-refractivity contribution in [1.29, 1.82) is 0 Å². The number of halogens is 1. The lowest BCUT2D eigenvalue weighted by Gasteiger charge is -2.25.